The number of hydrogen-bond acceptors (Lipinski definition) is 3. The summed E-state index contributed by atoms with van der Waals surface area (Å²) in [6.45, 7) is 0.228. The second kappa shape index (κ2) is 6.41. The lowest BCUT2D eigenvalue weighted by atomic mass is 10.1. The maximum Gasteiger partial charge on any atom is 0.170 e. The number of amidine groups is 1. The molecule has 0 spiro atoms. The summed E-state index contributed by atoms with van der Waals surface area (Å²) in [6.07, 6.45) is 0. The molecule has 0 radical (unpaired) electrons. The van der Waals surface area contributed by atoms with Crippen molar-refractivity contribution >= 4 is 23.1 Å². The Morgan fingerprint density at radius 2 is 1.95 bits per heavy atom. The molecular weight excluding hydrogens is 300 g/mol. The van der Waals surface area contributed by atoms with E-state index < -0.39 is 11.6 Å². The van der Waals surface area contributed by atoms with E-state index in [1.54, 1.807) is 6.07 Å². The van der Waals surface area contributed by atoms with E-state index in [0.717, 1.165) is 6.07 Å². The van der Waals surface area contributed by atoms with Crippen LogP contribution in [0.2, 0.25) is 5.02 Å². The fourth-order valence-corrected chi connectivity index (χ4v) is 2.07. The number of halogens is 3. The molecule has 4 nitrogen and oxygen atoms in total. The highest BCUT2D eigenvalue weighted by molar-refractivity contribution is 6.30. The van der Waals surface area contributed by atoms with Crippen LogP contribution in [0.5, 0.6) is 0 Å². The Hall–Kier alpha value is -2.34. The zero-order chi connectivity index (χ0) is 15.4. The summed E-state index contributed by atoms with van der Waals surface area (Å²) in [4.78, 5) is 0. The first-order valence-electron chi connectivity index (χ1n) is 5.96. The van der Waals surface area contributed by atoms with E-state index in [9.17, 15) is 8.78 Å². The van der Waals surface area contributed by atoms with E-state index in [1.165, 1.54) is 24.3 Å². The highest BCUT2D eigenvalue weighted by atomic mass is 35.5. The third kappa shape index (κ3) is 3.82. The second-order valence-corrected chi connectivity index (χ2v) is 4.73. The zero-order valence-electron chi connectivity index (χ0n) is 10.8. The highest BCUT2D eigenvalue weighted by Gasteiger charge is 2.09. The summed E-state index contributed by atoms with van der Waals surface area (Å²) >= 11 is 5.76. The molecule has 0 amide bonds. The Bertz CT molecular complexity index is 672. The third-order valence-electron chi connectivity index (χ3n) is 2.80. The van der Waals surface area contributed by atoms with Crippen LogP contribution in [-0.2, 0) is 6.54 Å². The van der Waals surface area contributed by atoms with Crippen molar-refractivity contribution in [3.05, 3.63) is 64.2 Å². The molecule has 2 aromatic carbocycles. The van der Waals surface area contributed by atoms with Crippen LogP contribution < -0.4 is 11.1 Å². The van der Waals surface area contributed by atoms with Gasteiger partial charge in [-0.15, -0.1) is 0 Å². The summed E-state index contributed by atoms with van der Waals surface area (Å²) in [7, 11) is 0. The van der Waals surface area contributed by atoms with Gasteiger partial charge in [0.15, 0.2) is 5.84 Å². The van der Waals surface area contributed by atoms with Crippen molar-refractivity contribution in [1.82, 2.24) is 0 Å². The minimum atomic E-state index is -0.505. The number of anilines is 1. The molecule has 0 bridgehead atoms. The van der Waals surface area contributed by atoms with E-state index in [2.05, 4.69) is 10.5 Å². The minimum absolute atomic E-state index is 0.205. The Labute approximate surface area is 124 Å². The molecule has 7 heteroatoms. The molecule has 0 aliphatic carbocycles. The first kappa shape index (κ1) is 15.1. The average Bonchev–Trinajstić information content (AvgIpc) is 2.44. The van der Waals surface area contributed by atoms with Gasteiger partial charge in [-0.25, -0.2) is 8.78 Å². The lowest BCUT2D eigenvalue weighted by molar-refractivity contribution is 0.318. The number of benzene rings is 2. The smallest absolute Gasteiger partial charge is 0.170 e. The van der Waals surface area contributed by atoms with Gasteiger partial charge in [-0.3, -0.25) is 0 Å². The largest absolute Gasteiger partial charge is 0.409 e. The summed E-state index contributed by atoms with van der Waals surface area (Å²) in [5, 5.41) is 14.8. The van der Waals surface area contributed by atoms with Crippen LogP contribution in [0.4, 0.5) is 14.5 Å². The molecular formula is C14H12ClF2N3O. The van der Waals surface area contributed by atoms with Crippen molar-refractivity contribution < 1.29 is 14.0 Å². The quantitative estimate of drug-likeness (QED) is 0.351. The van der Waals surface area contributed by atoms with Crippen LogP contribution in [0.25, 0.3) is 0 Å². The Morgan fingerprint density at radius 1 is 1.19 bits per heavy atom. The van der Waals surface area contributed by atoms with Gasteiger partial charge in [0, 0.05) is 22.8 Å². The number of nitrogens with one attached hydrogen (secondary N) is 1. The maximum atomic E-state index is 13.2. The summed E-state index contributed by atoms with van der Waals surface area (Å²) in [5.41, 5.74) is 6.82. The number of hydrogen-bond donors (Lipinski definition) is 3. The first-order valence-corrected chi connectivity index (χ1v) is 6.33. The molecule has 0 heterocycles. The van der Waals surface area contributed by atoms with Crippen LogP contribution in [-0.4, -0.2) is 11.0 Å². The van der Waals surface area contributed by atoms with Gasteiger partial charge in [-0.05, 0) is 35.9 Å². The topological polar surface area (TPSA) is 70.6 Å². The zero-order valence-corrected chi connectivity index (χ0v) is 11.5. The average molecular weight is 312 g/mol. The van der Waals surface area contributed by atoms with Gasteiger partial charge in [0.25, 0.3) is 0 Å². The summed E-state index contributed by atoms with van der Waals surface area (Å²) in [5.74, 6) is -1.18. The van der Waals surface area contributed by atoms with Gasteiger partial charge >= 0.3 is 0 Å². The van der Waals surface area contributed by atoms with Crippen molar-refractivity contribution in [3.8, 4) is 0 Å². The van der Waals surface area contributed by atoms with Crippen molar-refractivity contribution in [2.24, 2.45) is 10.9 Å². The predicted molar refractivity (Wildman–Crippen MR) is 77.6 cm³/mol. The van der Waals surface area contributed by atoms with Crippen molar-refractivity contribution in [3.63, 3.8) is 0 Å². The van der Waals surface area contributed by atoms with E-state index in [1.807, 2.05) is 0 Å². The number of oxime groups is 1. The van der Waals surface area contributed by atoms with Gasteiger partial charge < -0.3 is 16.3 Å². The molecule has 4 N–H and O–H groups in total. The fraction of sp³-hybridized carbons (Fsp3) is 0.0714. The molecule has 0 aromatic heterocycles. The molecule has 0 saturated carbocycles. The molecule has 110 valence electrons. The second-order valence-electron chi connectivity index (χ2n) is 4.30. The van der Waals surface area contributed by atoms with E-state index in [-0.39, 0.29) is 23.0 Å². The molecule has 0 saturated heterocycles. The molecule has 2 rings (SSSR count). The molecule has 2 aromatic rings. The molecule has 21 heavy (non-hydrogen) atoms. The molecule has 0 aliphatic heterocycles. The van der Waals surface area contributed by atoms with Gasteiger partial charge in [0.05, 0.1) is 0 Å². The number of rotatable bonds is 4. The third-order valence-corrected chi connectivity index (χ3v) is 3.02. The maximum absolute atomic E-state index is 13.2. The molecule has 0 fully saturated rings. The molecule has 0 unspecified atom stereocenters. The van der Waals surface area contributed by atoms with E-state index in [0.29, 0.717) is 11.3 Å². The van der Waals surface area contributed by atoms with Crippen molar-refractivity contribution in [2.75, 3.05) is 5.32 Å². The van der Waals surface area contributed by atoms with Crippen LogP contribution in [0.1, 0.15) is 11.1 Å². The lowest BCUT2D eigenvalue weighted by Crippen LogP contribution is -2.17. The van der Waals surface area contributed by atoms with E-state index >= 15 is 0 Å². The van der Waals surface area contributed by atoms with Gasteiger partial charge in [-0.1, -0.05) is 22.8 Å². The van der Waals surface area contributed by atoms with Crippen molar-refractivity contribution in [2.45, 2.75) is 6.54 Å². The Balaban J connectivity index is 2.23. The SMILES string of the molecule is N/C(=N/O)c1cc(F)ccc1CNc1cc(F)cc(Cl)c1. The summed E-state index contributed by atoms with van der Waals surface area (Å²) in [6, 6.07) is 7.92. The van der Waals surface area contributed by atoms with E-state index in [4.69, 9.17) is 22.5 Å². The minimum Gasteiger partial charge on any atom is -0.409 e. The summed E-state index contributed by atoms with van der Waals surface area (Å²) < 4.78 is 26.5. The molecule has 0 atom stereocenters. The van der Waals surface area contributed by atoms with Crippen LogP contribution in [0.3, 0.4) is 0 Å². The fourth-order valence-electron chi connectivity index (χ4n) is 1.85. The lowest BCUT2D eigenvalue weighted by Gasteiger charge is -2.11. The van der Waals surface area contributed by atoms with Crippen LogP contribution >= 0.6 is 11.6 Å². The monoisotopic (exact) mass is 311 g/mol. The number of nitrogens with zero attached hydrogens (tertiary/aromatic N) is 1. The predicted octanol–water partition coefficient (Wildman–Crippen LogP) is 3.32. The number of nitrogens with two attached hydrogens (primary N) is 1. The molecule has 0 aliphatic rings. The Morgan fingerprint density at radius 3 is 2.62 bits per heavy atom. The van der Waals surface area contributed by atoms with Gasteiger partial charge in [-0.2, -0.15) is 0 Å². The van der Waals surface area contributed by atoms with Crippen LogP contribution in [0, 0.1) is 11.6 Å². The van der Waals surface area contributed by atoms with Crippen molar-refractivity contribution in [1.29, 1.82) is 0 Å². The standard InChI is InChI=1S/C14H12ClF2N3O/c15-9-3-11(17)5-12(4-9)19-7-8-1-2-10(16)6-13(8)14(18)20-21/h1-6,19,21H,7H2,(H2,18,20). The first-order chi connectivity index (χ1) is 9.99. The normalized spacial score (nSPS) is 11.5. The van der Waals surface area contributed by atoms with Gasteiger partial charge in [0.2, 0.25) is 0 Å². The van der Waals surface area contributed by atoms with Crippen LogP contribution in [0.15, 0.2) is 41.6 Å². The highest BCUT2D eigenvalue weighted by Crippen LogP contribution is 2.20. The van der Waals surface area contributed by atoms with Gasteiger partial charge in [0.1, 0.15) is 11.6 Å². The Kier molecular flexibility index (Phi) is 4.59.